The van der Waals surface area contributed by atoms with E-state index in [0.29, 0.717) is 29.6 Å². The lowest BCUT2D eigenvalue weighted by molar-refractivity contribution is -0.189. The third-order valence-electron chi connectivity index (χ3n) is 10.9. The van der Waals surface area contributed by atoms with Crippen molar-refractivity contribution >= 4 is 5.97 Å². The Hall–Kier alpha value is -0.570. The van der Waals surface area contributed by atoms with Crippen LogP contribution in [0.2, 0.25) is 0 Å². The molecule has 0 aromatic heterocycles. The molecule has 0 radical (unpaired) electrons. The van der Waals surface area contributed by atoms with Crippen molar-refractivity contribution in [3.05, 3.63) is 0 Å². The maximum Gasteiger partial charge on any atom is 0.312 e. The van der Waals surface area contributed by atoms with Gasteiger partial charge in [-0.1, -0.05) is 47.0 Å². The smallest absolute Gasteiger partial charge is 0.312 e. The molecule has 0 aromatic rings. The molecule has 4 aliphatic rings. The van der Waals surface area contributed by atoms with Gasteiger partial charge in [0.2, 0.25) is 0 Å². The topological polar surface area (TPSA) is 46.5 Å². The van der Waals surface area contributed by atoms with Crippen LogP contribution in [0.25, 0.3) is 0 Å². The highest BCUT2D eigenvalue weighted by atomic mass is 16.5. The van der Waals surface area contributed by atoms with Crippen LogP contribution in [0.4, 0.5) is 0 Å². The van der Waals surface area contributed by atoms with Crippen LogP contribution in [0.5, 0.6) is 0 Å². The van der Waals surface area contributed by atoms with E-state index in [1.165, 1.54) is 44.9 Å². The van der Waals surface area contributed by atoms with Gasteiger partial charge < -0.3 is 9.84 Å². The van der Waals surface area contributed by atoms with Gasteiger partial charge in [0.1, 0.15) is 0 Å². The highest BCUT2D eigenvalue weighted by Gasteiger charge is 2.65. The van der Waals surface area contributed by atoms with E-state index in [1.807, 2.05) is 0 Å². The molecule has 0 aromatic carbocycles. The second-order valence-corrected chi connectivity index (χ2v) is 12.6. The molecule has 4 aliphatic carbocycles. The number of aliphatic hydroxyl groups excluding tert-OH is 1. The lowest BCUT2D eigenvalue weighted by atomic mass is 9.43. The summed E-state index contributed by atoms with van der Waals surface area (Å²) in [6.07, 6.45) is 13.9. The Kier molecular flexibility index (Phi) is 6.84. The van der Waals surface area contributed by atoms with Gasteiger partial charge in [0.15, 0.2) is 0 Å². The molecule has 4 rings (SSSR count). The van der Waals surface area contributed by atoms with Crippen molar-refractivity contribution in [1.29, 1.82) is 0 Å². The van der Waals surface area contributed by atoms with Gasteiger partial charge in [0.25, 0.3) is 0 Å². The fraction of sp³-hybridized carbons (Fsp3) is 0.964. The van der Waals surface area contributed by atoms with E-state index in [1.54, 1.807) is 7.11 Å². The largest absolute Gasteiger partial charge is 0.469 e. The summed E-state index contributed by atoms with van der Waals surface area (Å²) in [5.41, 5.74) is 0.0213. The van der Waals surface area contributed by atoms with Crippen molar-refractivity contribution in [1.82, 2.24) is 0 Å². The Balaban J connectivity index is 1.55. The summed E-state index contributed by atoms with van der Waals surface area (Å²) < 4.78 is 5.46. The summed E-state index contributed by atoms with van der Waals surface area (Å²) in [6, 6.07) is 0. The Morgan fingerprint density at radius 3 is 2.45 bits per heavy atom. The molecule has 178 valence electrons. The highest BCUT2D eigenvalue weighted by Crippen LogP contribution is 2.68. The van der Waals surface area contributed by atoms with E-state index in [-0.39, 0.29) is 12.1 Å². The minimum absolute atomic E-state index is 0.00819. The van der Waals surface area contributed by atoms with Crippen LogP contribution in [0.15, 0.2) is 0 Å². The lowest BCUT2D eigenvalue weighted by Gasteiger charge is -2.60. The van der Waals surface area contributed by atoms with Gasteiger partial charge in [-0.25, -0.2) is 0 Å². The Morgan fingerprint density at radius 1 is 1.00 bits per heavy atom. The molecule has 0 bridgehead atoms. The first kappa shape index (κ1) is 23.6. The quantitative estimate of drug-likeness (QED) is 0.480. The Morgan fingerprint density at radius 2 is 1.74 bits per heavy atom. The predicted molar refractivity (Wildman–Crippen MR) is 125 cm³/mol. The number of rotatable bonds is 6. The molecular weight excluding hydrogens is 384 g/mol. The number of hydrogen-bond donors (Lipinski definition) is 1. The minimum Gasteiger partial charge on any atom is -0.469 e. The van der Waals surface area contributed by atoms with E-state index in [9.17, 15) is 9.90 Å². The molecule has 0 heterocycles. The molecule has 0 aliphatic heterocycles. The molecular formula is C28H48O3. The van der Waals surface area contributed by atoms with Gasteiger partial charge in [-0.2, -0.15) is 0 Å². The average molecular weight is 433 g/mol. The Bertz CT molecular complexity index is 644. The molecule has 3 nitrogen and oxygen atoms in total. The number of fused-ring (bicyclic) bond motifs is 5. The van der Waals surface area contributed by atoms with Crippen LogP contribution < -0.4 is 0 Å². The molecule has 0 spiro atoms. The molecule has 3 heteroatoms. The van der Waals surface area contributed by atoms with Gasteiger partial charge in [-0.3, -0.25) is 4.79 Å². The van der Waals surface area contributed by atoms with Gasteiger partial charge >= 0.3 is 5.97 Å². The number of hydrogen-bond acceptors (Lipinski definition) is 3. The molecule has 0 saturated heterocycles. The third kappa shape index (κ3) is 3.89. The van der Waals surface area contributed by atoms with Crippen molar-refractivity contribution in [2.45, 2.75) is 111 Å². The van der Waals surface area contributed by atoms with Crippen molar-refractivity contribution < 1.29 is 14.6 Å². The molecule has 4 fully saturated rings. The van der Waals surface area contributed by atoms with Gasteiger partial charge in [0.05, 0.1) is 18.6 Å². The van der Waals surface area contributed by atoms with Crippen LogP contribution in [-0.2, 0) is 9.53 Å². The third-order valence-corrected chi connectivity index (χ3v) is 10.9. The SMILES string of the molecule is COC(=O)C12CC(O)CCC1CCC1C3CCC(C(C)CCCC(C)C)C3(C)CCC12. The summed E-state index contributed by atoms with van der Waals surface area (Å²) >= 11 is 0. The van der Waals surface area contributed by atoms with Crippen LogP contribution >= 0.6 is 0 Å². The maximum atomic E-state index is 13.3. The number of carbonyl (C=O) groups excluding carboxylic acids is 1. The van der Waals surface area contributed by atoms with Crippen LogP contribution in [0.1, 0.15) is 105 Å². The zero-order valence-electron chi connectivity index (χ0n) is 20.9. The highest BCUT2D eigenvalue weighted by molar-refractivity contribution is 5.78. The molecule has 4 saturated carbocycles. The zero-order chi connectivity index (χ0) is 22.4. The van der Waals surface area contributed by atoms with E-state index < -0.39 is 5.41 Å². The van der Waals surface area contributed by atoms with Crippen LogP contribution in [0, 0.1) is 52.3 Å². The summed E-state index contributed by atoms with van der Waals surface area (Å²) in [4.78, 5) is 13.3. The zero-order valence-corrected chi connectivity index (χ0v) is 20.9. The number of aliphatic hydroxyl groups is 1. The second kappa shape index (κ2) is 8.99. The first-order chi connectivity index (χ1) is 14.7. The number of ether oxygens (including phenoxy) is 1. The van der Waals surface area contributed by atoms with E-state index in [0.717, 1.165) is 49.4 Å². The molecule has 0 amide bonds. The standard InChI is InChI=1S/C28H48O3/c1-18(2)7-6-8-19(3)23-13-14-24-22-12-10-20-9-11-21(29)17-28(20,26(30)31-5)25(22)15-16-27(23,24)4/h18-25,29H,6-17H2,1-5H3. The molecule has 31 heavy (non-hydrogen) atoms. The summed E-state index contributed by atoms with van der Waals surface area (Å²) in [5.74, 6) is 4.69. The molecule has 9 atom stereocenters. The normalized spacial score (nSPS) is 45.5. The fourth-order valence-corrected chi connectivity index (χ4v) is 9.50. The lowest BCUT2D eigenvalue weighted by Crippen LogP contribution is -2.59. The summed E-state index contributed by atoms with van der Waals surface area (Å²) in [5, 5.41) is 10.6. The van der Waals surface area contributed by atoms with Crippen molar-refractivity contribution in [3.63, 3.8) is 0 Å². The average Bonchev–Trinajstić information content (AvgIpc) is 3.09. The van der Waals surface area contributed by atoms with Crippen molar-refractivity contribution in [3.8, 4) is 0 Å². The predicted octanol–water partition coefficient (Wildman–Crippen LogP) is 6.62. The van der Waals surface area contributed by atoms with Crippen LogP contribution in [-0.4, -0.2) is 24.3 Å². The van der Waals surface area contributed by atoms with Gasteiger partial charge in [-0.15, -0.1) is 0 Å². The van der Waals surface area contributed by atoms with Gasteiger partial charge in [-0.05, 0) is 105 Å². The summed E-state index contributed by atoms with van der Waals surface area (Å²) in [6.45, 7) is 9.81. The first-order valence-corrected chi connectivity index (χ1v) is 13.5. The molecule has 9 unspecified atom stereocenters. The van der Waals surface area contributed by atoms with Crippen molar-refractivity contribution in [2.75, 3.05) is 7.11 Å². The fourth-order valence-electron chi connectivity index (χ4n) is 9.50. The first-order valence-electron chi connectivity index (χ1n) is 13.5. The minimum atomic E-state index is -0.419. The second-order valence-electron chi connectivity index (χ2n) is 12.6. The van der Waals surface area contributed by atoms with Crippen LogP contribution in [0.3, 0.4) is 0 Å². The van der Waals surface area contributed by atoms with Gasteiger partial charge in [0, 0.05) is 0 Å². The van der Waals surface area contributed by atoms with E-state index in [2.05, 4.69) is 27.7 Å². The van der Waals surface area contributed by atoms with E-state index in [4.69, 9.17) is 4.74 Å². The number of esters is 1. The van der Waals surface area contributed by atoms with Crippen molar-refractivity contribution in [2.24, 2.45) is 52.3 Å². The monoisotopic (exact) mass is 432 g/mol. The molecule has 1 N–H and O–H groups in total. The maximum absolute atomic E-state index is 13.3. The Labute approximate surface area is 191 Å². The number of methoxy groups -OCH3 is 1. The number of carbonyl (C=O) groups is 1. The van der Waals surface area contributed by atoms with E-state index >= 15 is 0 Å². The summed E-state index contributed by atoms with van der Waals surface area (Å²) in [7, 11) is 1.57.